The summed E-state index contributed by atoms with van der Waals surface area (Å²) in [4.78, 5) is 17.1. The molecule has 3 aliphatic rings. The molecular formula is C20H28N2O. The SMILES string of the molecule is O=C(CC1CCCCC1)N1CC(N2CCc3ccccc3C2)C1. The molecule has 1 saturated heterocycles. The van der Waals surface area contributed by atoms with Crippen LogP contribution in [-0.4, -0.2) is 41.4 Å². The van der Waals surface area contributed by atoms with E-state index in [1.165, 1.54) is 43.2 Å². The Morgan fingerprint density at radius 2 is 1.78 bits per heavy atom. The number of hydrogen-bond acceptors (Lipinski definition) is 2. The lowest BCUT2D eigenvalue weighted by atomic mass is 9.86. The van der Waals surface area contributed by atoms with Crippen molar-refractivity contribution in [3.63, 3.8) is 0 Å². The Labute approximate surface area is 139 Å². The van der Waals surface area contributed by atoms with Gasteiger partial charge in [0, 0.05) is 38.6 Å². The third-order valence-electron chi connectivity index (χ3n) is 6.08. The number of likely N-dealkylation sites (tertiary alicyclic amines) is 1. The van der Waals surface area contributed by atoms with Crippen LogP contribution in [-0.2, 0) is 17.8 Å². The van der Waals surface area contributed by atoms with Gasteiger partial charge >= 0.3 is 0 Å². The number of fused-ring (bicyclic) bond motifs is 1. The molecule has 2 heterocycles. The van der Waals surface area contributed by atoms with E-state index in [0.29, 0.717) is 17.9 Å². The average Bonchev–Trinajstić information content (AvgIpc) is 2.54. The van der Waals surface area contributed by atoms with Gasteiger partial charge in [-0.2, -0.15) is 0 Å². The van der Waals surface area contributed by atoms with E-state index in [4.69, 9.17) is 0 Å². The molecule has 23 heavy (non-hydrogen) atoms. The number of hydrogen-bond donors (Lipinski definition) is 0. The lowest BCUT2D eigenvalue weighted by molar-refractivity contribution is -0.140. The molecule has 124 valence electrons. The molecule has 1 saturated carbocycles. The van der Waals surface area contributed by atoms with Crippen LogP contribution in [0, 0.1) is 5.92 Å². The number of benzene rings is 1. The maximum Gasteiger partial charge on any atom is 0.222 e. The lowest BCUT2D eigenvalue weighted by Gasteiger charge is -2.47. The fourth-order valence-electron chi connectivity index (χ4n) is 4.49. The molecule has 0 spiro atoms. The number of nitrogens with zero attached hydrogens (tertiary/aromatic N) is 2. The van der Waals surface area contributed by atoms with Crippen LogP contribution in [0.15, 0.2) is 24.3 Å². The fraction of sp³-hybridized carbons (Fsp3) is 0.650. The van der Waals surface area contributed by atoms with Crippen LogP contribution in [0.3, 0.4) is 0 Å². The van der Waals surface area contributed by atoms with E-state index in [-0.39, 0.29) is 0 Å². The van der Waals surface area contributed by atoms with Gasteiger partial charge < -0.3 is 4.90 Å². The summed E-state index contributed by atoms with van der Waals surface area (Å²) in [6, 6.07) is 9.38. The molecular weight excluding hydrogens is 284 g/mol. The highest BCUT2D eigenvalue weighted by Gasteiger charge is 2.36. The molecule has 3 nitrogen and oxygen atoms in total. The van der Waals surface area contributed by atoms with Crippen molar-refractivity contribution < 1.29 is 4.79 Å². The molecule has 2 aliphatic heterocycles. The highest BCUT2D eigenvalue weighted by molar-refractivity contribution is 5.77. The van der Waals surface area contributed by atoms with Gasteiger partial charge in [0.1, 0.15) is 0 Å². The molecule has 0 N–H and O–H groups in total. The minimum atomic E-state index is 0.408. The monoisotopic (exact) mass is 312 g/mol. The van der Waals surface area contributed by atoms with Gasteiger partial charge in [0.15, 0.2) is 0 Å². The number of amides is 1. The van der Waals surface area contributed by atoms with Crippen LogP contribution in [0.5, 0.6) is 0 Å². The van der Waals surface area contributed by atoms with Crippen molar-refractivity contribution in [1.82, 2.24) is 9.80 Å². The summed E-state index contributed by atoms with van der Waals surface area (Å²) in [6.45, 7) is 4.11. The van der Waals surface area contributed by atoms with Gasteiger partial charge in [-0.05, 0) is 36.3 Å². The van der Waals surface area contributed by atoms with Crippen molar-refractivity contribution in [3.8, 4) is 0 Å². The molecule has 1 aliphatic carbocycles. The molecule has 0 aromatic heterocycles. The Morgan fingerprint density at radius 3 is 2.57 bits per heavy atom. The Balaban J connectivity index is 1.26. The van der Waals surface area contributed by atoms with Crippen LogP contribution in [0.25, 0.3) is 0 Å². The van der Waals surface area contributed by atoms with Gasteiger partial charge in [0.2, 0.25) is 5.91 Å². The molecule has 1 amide bonds. The third-order valence-corrected chi connectivity index (χ3v) is 6.08. The lowest BCUT2D eigenvalue weighted by Crippen LogP contribution is -2.61. The maximum absolute atomic E-state index is 12.4. The second-order valence-corrected chi connectivity index (χ2v) is 7.65. The third kappa shape index (κ3) is 3.30. The maximum atomic E-state index is 12.4. The van der Waals surface area contributed by atoms with Crippen molar-refractivity contribution >= 4 is 5.91 Å². The Bertz CT molecular complexity index is 559. The van der Waals surface area contributed by atoms with Gasteiger partial charge in [0.05, 0.1) is 0 Å². The molecule has 3 heteroatoms. The quantitative estimate of drug-likeness (QED) is 0.855. The first-order chi connectivity index (χ1) is 11.3. The molecule has 0 unspecified atom stereocenters. The molecule has 1 aromatic carbocycles. The molecule has 0 bridgehead atoms. The van der Waals surface area contributed by atoms with Crippen molar-refractivity contribution in [2.24, 2.45) is 5.92 Å². The highest BCUT2D eigenvalue weighted by Crippen LogP contribution is 2.29. The first kappa shape index (κ1) is 15.2. The Morgan fingerprint density at radius 1 is 1.04 bits per heavy atom. The zero-order valence-electron chi connectivity index (χ0n) is 14.0. The van der Waals surface area contributed by atoms with Crippen LogP contribution < -0.4 is 0 Å². The first-order valence-corrected chi connectivity index (χ1v) is 9.38. The second kappa shape index (κ2) is 6.64. The van der Waals surface area contributed by atoms with Crippen molar-refractivity contribution in [3.05, 3.63) is 35.4 Å². The number of carbonyl (C=O) groups excluding carboxylic acids is 1. The summed E-state index contributed by atoms with van der Waals surface area (Å²) < 4.78 is 0. The van der Waals surface area contributed by atoms with Gasteiger partial charge in [0.25, 0.3) is 0 Å². The van der Waals surface area contributed by atoms with Crippen molar-refractivity contribution in [2.75, 3.05) is 19.6 Å². The summed E-state index contributed by atoms with van der Waals surface area (Å²) in [7, 11) is 0. The minimum absolute atomic E-state index is 0.408. The van der Waals surface area contributed by atoms with Crippen molar-refractivity contribution in [1.29, 1.82) is 0 Å². The summed E-state index contributed by atoms with van der Waals surface area (Å²) in [5.41, 5.74) is 2.99. The van der Waals surface area contributed by atoms with Crippen molar-refractivity contribution in [2.45, 2.75) is 57.5 Å². The summed E-state index contributed by atoms with van der Waals surface area (Å²) in [6.07, 6.45) is 8.52. The minimum Gasteiger partial charge on any atom is -0.339 e. The Kier molecular flexibility index (Phi) is 4.39. The normalized spacial score (nSPS) is 23.4. The van der Waals surface area contributed by atoms with E-state index in [0.717, 1.165) is 39.0 Å². The first-order valence-electron chi connectivity index (χ1n) is 9.38. The highest BCUT2D eigenvalue weighted by atomic mass is 16.2. The Hall–Kier alpha value is -1.35. The van der Waals surface area contributed by atoms with Crippen LogP contribution in [0.4, 0.5) is 0 Å². The standard InChI is InChI=1S/C20H28N2O/c23-20(12-16-6-2-1-3-7-16)22-14-19(15-22)21-11-10-17-8-4-5-9-18(17)13-21/h4-5,8-9,16,19H,1-3,6-7,10-15H2. The predicted octanol–water partition coefficient (Wildman–Crippen LogP) is 3.23. The molecule has 2 fully saturated rings. The van der Waals surface area contributed by atoms with Gasteiger partial charge in [-0.1, -0.05) is 43.5 Å². The second-order valence-electron chi connectivity index (χ2n) is 7.65. The zero-order valence-corrected chi connectivity index (χ0v) is 14.0. The van der Waals surface area contributed by atoms with Gasteiger partial charge in [-0.3, -0.25) is 9.69 Å². The van der Waals surface area contributed by atoms with E-state index < -0.39 is 0 Å². The predicted molar refractivity (Wildman–Crippen MR) is 92.1 cm³/mol. The van der Waals surface area contributed by atoms with Crippen LogP contribution in [0.2, 0.25) is 0 Å². The van der Waals surface area contributed by atoms with Crippen LogP contribution >= 0.6 is 0 Å². The van der Waals surface area contributed by atoms with E-state index in [1.54, 1.807) is 0 Å². The fourth-order valence-corrected chi connectivity index (χ4v) is 4.49. The molecule has 1 aromatic rings. The smallest absolute Gasteiger partial charge is 0.222 e. The average molecular weight is 312 g/mol. The number of rotatable bonds is 3. The van der Waals surface area contributed by atoms with Crippen LogP contribution in [0.1, 0.15) is 49.7 Å². The molecule has 0 atom stereocenters. The van der Waals surface area contributed by atoms with E-state index >= 15 is 0 Å². The van der Waals surface area contributed by atoms with E-state index in [2.05, 4.69) is 34.1 Å². The summed E-state index contributed by atoms with van der Waals surface area (Å²) in [5, 5.41) is 0. The summed E-state index contributed by atoms with van der Waals surface area (Å²) >= 11 is 0. The topological polar surface area (TPSA) is 23.6 Å². The van der Waals surface area contributed by atoms with Gasteiger partial charge in [-0.15, -0.1) is 0 Å². The molecule has 4 rings (SSSR count). The summed E-state index contributed by atoms with van der Waals surface area (Å²) in [5.74, 6) is 1.07. The van der Waals surface area contributed by atoms with E-state index in [1.807, 2.05) is 0 Å². The number of carbonyl (C=O) groups is 1. The molecule has 0 radical (unpaired) electrons. The largest absolute Gasteiger partial charge is 0.339 e. The van der Waals surface area contributed by atoms with E-state index in [9.17, 15) is 4.79 Å². The zero-order chi connectivity index (χ0) is 15.6. The van der Waals surface area contributed by atoms with Gasteiger partial charge in [-0.25, -0.2) is 0 Å².